The molecule has 0 fully saturated rings. The third-order valence-electron chi connectivity index (χ3n) is 2.25. The zero-order valence-corrected chi connectivity index (χ0v) is 11.6. The molecule has 0 bridgehead atoms. The summed E-state index contributed by atoms with van der Waals surface area (Å²) in [5.74, 6) is 0.392. The van der Waals surface area contributed by atoms with Crippen LogP contribution in [0, 0.1) is 5.82 Å². The molecule has 0 aliphatic carbocycles. The molecule has 0 aliphatic heterocycles. The number of nitrogens with two attached hydrogens (primary N) is 1. The molecule has 0 spiro atoms. The zero-order chi connectivity index (χ0) is 13.1. The number of rotatable bonds is 3. The molecule has 2 aromatic rings. The smallest absolute Gasteiger partial charge is 0.140 e. The Bertz CT molecular complexity index is 603. The Morgan fingerprint density at radius 3 is 2.61 bits per heavy atom. The molecule has 0 radical (unpaired) electrons. The average Bonchev–Trinajstić information content (AvgIpc) is 2.28. The van der Waals surface area contributed by atoms with Crippen molar-refractivity contribution in [2.24, 2.45) is 5.73 Å². The lowest BCUT2D eigenvalue weighted by atomic mass is 10.2. The van der Waals surface area contributed by atoms with E-state index in [1.54, 1.807) is 24.3 Å². The maximum Gasteiger partial charge on any atom is 0.140 e. The van der Waals surface area contributed by atoms with E-state index in [9.17, 15) is 4.39 Å². The van der Waals surface area contributed by atoms with Crippen LogP contribution in [0.5, 0.6) is 11.5 Å². The number of thiocarbonyl (C=S) groups is 1. The summed E-state index contributed by atoms with van der Waals surface area (Å²) >= 11 is 8.16. The summed E-state index contributed by atoms with van der Waals surface area (Å²) in [7, 11) is 0. The Morgan fingerprint density at radius 2 is 1.94 bits per heavy atom. The molecular weight excluding hydrogens is 317 g/mol. The quantitative estimate of drug-likeness (QED) is 0.866. The van der Waals surface area contributed by atoms with Gasteiger partial charge in [0.15, 0.2) is 0 Å². The second-order valence-corrected chi connectivity index (χ2v) is 4.89. The van der Waals surface area contributed by atoms with Gasteiger partial charge in [-0.3, -0.25) is 0 Å². The third kappa shape index (κ3) is 2.86. The van der Waals surface area contributed by atoms with Crippen LogP contribution < -0.4 is 10.5 Å². The number of hydrogen-bond donors (Lipinski definition) is 1. The first-order valence-electron chi connectivity index (χ1n) is 5.09. The average molecular weight is 326 g/mol. The summed E-state index contributed by atoms with van der Waals surface area (Å²) in [6.45, 7) is 0. The van der Waals surface area contributed by atoms with Crippen molar-refractivity contribution in [2.45, 2.75) is 0 Å². The maximum atomic E-state index is 13.6. The van der Waals surface area contributed by atoms with Crippen LogP contribution in [0.3, 0.4) is 0 Å². The number of halogens is 2. The Labute approximate surface area is 118 Å². The second-order valence-electron chi connectivity index (χ2n) is 3.54. The van der Waals surface area contributed by atoms with Gasteiger partial charge in [0.05, 0.1) is 5.56 Å². The van der Waals surface area contributed by atoms with Gasteiger partial charge in [-0.05, 0) is 30.3 Å². The minimum atomic E-state index is -0.491. The molecule has 18 heavy (non-hydrogen) atoms. The summed E-state index contributed by atoms with van der Waals surface area (Å²) in [5, 5.41) is 0. The fourth-order valence-corrected chi connectivity index (χ4v) is 2.06. The monoisotopic (exact) mass is 325 g/mol. The zero-order valence-electron chi connectivity index (χ0n) is 9.19. The van der Waals surface area contributed by atoms with Crippen LogP contribution in [0.2, 0.25) is 0 Å². The van der Waals surface area contributed by atoms with Gasteiger partial charge in [0.1, 0.15) is 22.3 Å². The molecule has 0 atom stereocenters. The van der Waals surface area contributed by atoms with Gasteiger partial charge in [0.2, 0.25) is 0 Å². The van der Waals surface area contributed by atoms with Gasteiger partial charge in [0.25, 0.3) is 0 Å². The maximum absolute atomic E-state index is 13.6. The lowest BCUT2D eigenvalue weighted by Crippen LogP contribution is -2.13. The van der Waals surface area contributed by atoms with E-state index in [1.807, 2.05) is 12.1 Å². The Hall–Kier alpha value is -1.46. The SMILES string of the molecule is NC(=S)c1c(F)cccc1Oc1cccc(Br)c1. The Balaban J connectivity index is 2.40. The first kappa shape index (κ1) is 13.0. The second kappa shape index (κ2) is 5.46. The normalized spacial score (nSPS) is 10.1. The standard InChI is InChI=1S/C13H9BrFNOS/c14-8-3-1-4-9(7-8)17-11-6-2-5-10(15)12(11)13(16)18/h1-7H,(H2,16,18). The highest BCUT2D eigenvalue weighted by atomic mass is 79.9. The van der Waals surface area contributed by atoms with E-state index < -0.39 is 5.82 Å². The molecule has 0 aliphatic rings. The molecular formula is C13H9BrFNOS. The van der Waals surface area contributed by atoms with Crippen molar-refractivity contribution in [1.82, 2.24) is 0 Å². The molecule has 2 rings (SSSR count). The van der Waals surface area contributed by atoms with E-state index in [1.165, 1.54) is 6.07 Å². The van der Waals surface area contributed by atoms with E-state index in [0.717, 1.165) is 4.47 Å². The van der Waals surface area contributed by atoms with Crippen molar-refractivity contribution in [3.8, 4) is 11.5 Å². The molecule has 0 amide bonds. The summed E-state index contributed by atoms with van der Waals surface area (Å²) in [6.07, 6.45) is 0. The number of benzene rings is 2. The largest absolute Gasteiger partial charge is 0.456 e. The summed E-state index contributed by atoms with van der Waals surface area (Å²) in [6, 6.07) is 11.7. The molecule has 2 aromatic carbocycles. The third-order valence-corrected chi connectivity index (χ3v) is 2.94. The Morgan fingerprint density at radius 1 is 1.22 bits per heavy atom. The molecule has 0 saturated carbocycles. The highest BCUT2D eigenvalue weighted by molar-refractivity contribution is 9.10. The van der Waals surface area contributed by atoms with Crippen LogP contribution in [0.15, 0.2) is 46.9 Å². The van der Waals surface area contributed by atoms with Gasteiger partial charge in [-0.1, -0.05) is 40.3 Å². The van der Waals surface area contributed by atoms with Crippen LogP contribution >= 0.6 is 28.1 Å². The van der Waals surface area contributed by atoms with Crippen molar-refractivity contribution in [3.63, 3.8) is 0 Å². The van der Waals surface area contributed by atoms with Crippen LogP contribution in [-0.4, -0.2) is 4.99 Å². The molecule has 0 aromatic heterocycles. The molecule has 2 N–H and O–H groups in total. The minimum absolute atomic E-state index is 0.0295. The van der Waals surface area contributed by atoms with Gasteiger partial charge in [-0.15, -0.1) is 0 Å². The first-order valence-corrected chi connectivity index (χ1v) is 6.30. The van der Waals surface area contributed by atoms with Crippen LogP contribution in [0.1, 0.15) is 5.56 Å². The van der Waals surface area contributed by atoms with Crippen molar-refractivity contribution < 1.29 is 9.13 Å². The molecule has 2 nitrogen and oxygen atoms in total. The highest BCUT2D eigenvalue weighted by Gasteiger charge is 2.12. The van der Waals surface area contributed by atoms with E-state index in [-0.39, 0.29) is 10.6 Å². The van der Waals surface area contributed by atoms with Crippen molar-refractivity contribution in [1.29, 1.82) is 0 Å². The van der Waals surface area contributed by atoms with Crippen molar-refractivity contribution in [2.75, 3.05) is 0 Å². The van der Waals surface area contributed by atoms with Gasteiger partial charge in [-0.2, -0.15) is 0 Å². The predicted molar refractivity (Wildman–Crippen MR) is 76.5 cm³/mol. The molecule has 0 saturated heterocycles. The van der Waals surface area contributed by atoms with Crippen LogP contribution in [0.25, 0.3) is 0 Å². The Kier molecular flexibility index (Phi) is 3.93. The summed E-state index contributed by atoms with van der Waals surface area (Å²) in [4.78, 5) is -0.0295. The van der Waals surface area contributed by atoms with Crippen molar-refractivity contribution >= 4 is 33.1 Å². The number of hydrogen-bond acceptors (Lipinski definition) is 2. The van der Waals surface area contributed by atoms with E-state index in [0.29, 0.717) is 11.5 Å². The fraction of sp³-hybridized carbons (Fsp3) is 0. The first-order chi connectivity index (χ1) is 8.58. The summed E-state index contributed by atoms with van der Waals surface area (Å²) in [5.41, 5.74) is 5.62. The minimum Gasteiger partial charge on any atom is -0.456 e. The van der Waals surface area contributed by atoms with Gasteiger partial charge in [0, 0.05) is 4.47 Å². The summed E-state index contributed by atoms with van der Waals surface area (Å²) < 4.78 is 20.1. The lowest BCUT2D eigenvalue weighted by Gasteiger charge is -2.11. The predicted octanol–water partition coefficient (Wildman–Crippen LogP) is 4.01. The highest BCUT2D eigenvalue weighted by Crippen LogP contribution is 2.28. The molecule has 5 heteroatoms. The van der Waals surface area contributed by atoms with E-state index >= 15 is 0 Å². The fourth-order valence-electron chi connectivity index (χ4n) is 1.49. The van der Waals surface area contributed by atoms with Gasteiger partial charge < -0.3 is 10.5 Å². The van der Waals surface area contributed by atoms with E-state index in [4.69, 9.17) is 22.7 Å². The van der Waals surface area contributed by atoms with Crippen molar-refractivity contribution in [3.05, 3.63) is 58.3 Å². The molecule has 0 unspecified atom stereocenters. The van der Waals surface area contributed by atoms with Gasteiger partial charge in [-0.25, -0.2) is 4.39 Å². The van der Waals surface area contributed by atoms with Crippen LogP contribution in [-0.2, 0) is 0 Å². The van der Waals surface area contributed by atoms with E-state index in [2.05, 4.69) is 15.9 Å². The topological polar surface area (TPSA) is 35.2 Å². The molecule has 92 valence electrons. The van der Waals surface area contributed by atoms with Gasteiger partial charge >= 0.3 is 0 Å². The van der Waals surface area contributed by atoms with Crippen LogP contribution in [0.4, 0.5) is 4.39 Å². The molecule has 0 heterocycles. The lowest BCUT2D eigenvalue weighted by molar-refractivity contribution is 0.475. The number of ether oxygens (including phenoxy) is 1.